The molecule has 0 unspecified atom stereocenters. The molecule has 0 aliphatic rings. The standard InChI is InChI=1S/C23H25FN2O3S/c1-16-22(17(2)29-26-16)15-28-20-8-4-18(5-9-20)14-23(27)25-12-3-13-30-21-10-6-19(24)7-11-21/h4-11H,3,12-15H2,1-2H3,(H,25,27). The van der Waals surface area contributed by atoms with Gasteiger partial charge in [-0.2, -0.15) is 0 Å². The Morgan fingerprint density at radius 2 is 1.87 bits per heavy atom. The Hall–Kier alpha value is -2.80. The fraction of sp³-hybridized carbons (Fsp3) is 0.304. The second kappa shape index (κ2) is 10.8. The number of nitrogens with zero attached hydrogens (tertiary/aromatic N) is 1. The summed E-state index contributed by atoms with van der Waals surface area (Å²) in [6.45, 7) is 4.77. The maximum absolute atomic E-state index is 12.9. The SMILES string of the molecule is Cc1noc(C)c1COc1ccc(CC(=O)NCCCSc2ccc(F)cc2)cc1. The molecule has 0 spiro atoms. The van der Waals surface area contributed by atoms with Crippen molar-refractivity contribution in [3.05, 3.63) is 76.9 Å². The van der Waals surface area contributed by atoms with Crippen LogP contribution in [0.1, 0.15) is 29.0 Å². The number of thioether (sulfide) groups is 1. The van der Waals surface area contributed by atoms with Gasteiger partial charge >= 0.3 is 0 Å². The van der Waals surface area contributed by atoms with E-state index in [0.29, 0.717) is 19.6 Å². The van der Waals surface area contributed by atoms with Crippen molar-refractivity contribution in [2.45, 2.75) is 38.2 Å². The Morgan fingerprint density at radius 1 is 1.13 bits per heavy atom. The summed E-state index contributed by atoms with van der Waals surface area (Å²) < 4.78 is 23.8. The third-order valence-electron chi connectivity index (χ3n) is 4.58. The predicted octanol–water partition coefficient (Wildman–Crippen LogP) is 4.85. The highest BCUT2D eigenvalue weighted by Crippen LogP contribution is 2.19. The van der Waals surface area contributed by atoms with Crippen molar-refractivity contribution in [2.75, 3.05) is 12.3 Å². The van der Waals surface area contributed by atoms with Gasteiger partial charge in [-0.05, 0) is 68.0 Å². The maximum Gasteiger partial charge on any atom is 0.224 e. The second-order valence-electron chi connectivity index (χ2n) is 6.92. The molecule has 30 heavy (non-hydrogen) atoms. The number of aromatic nitrogens is 1. The molecule has 3 rings (SSSR count). The molecule has 1 amide bonds. The van der Waals surface area contributed by atoms with Crippen LogP contribution in [0.4, 0.5) is 4.39 Å². The van der Waals surface area contributed by atoms with E-state index in [1.165, 1.54) is 12.1 Å². The lowest BCUT2D eigenvalue weighted by atomic mass is 10.1. The van der Waals surface area contributed by atoms with Gasteiger partial charge in [0.25, 0.3) is 0 Å². The van der Waals surface area contributed by atoms with Gasteiger partial charge in [-0.15, -0.1) is 11.8 Å². The number of aryl methyl sites for hydroxylation is 2. The van der Waals surface area contributed by atoms with Gasteiger partial charge < -0.3 is 14.6 Å². The van der Waals surface area contributed by atoms with Gasteiger partial charge in [-0.25, -0.2) is 4.39 Å². The molecule has 3 aromatic rings. The van der Waals surface area contributed by atoms with Crippen LogP contribution in [-0.4, -0.2) is 23.4 Å². The number of hydrogen-bond donors (Lipinski definition) is 1. The molecular weight excluding hydrogens is 403 g/mol. The lowest BCUT2D eigenvalue weighted by molar-refractivity contribution is -0.120. The van der Waals surface area contributed by atoms with Gasteiger partial charge in [0.1, 0.15) is 23.9 Å². The molecule has 0 aliphatic heterocycles. The zero-order chi connectivity index (χ0) is 21.3. The average Bonchev–Trinajstić information content (AvgIpc) is 3.06. The highest BCUT2D eigenvalue weighted by molar-refractivity contribution is 7.99. The number of halogens is 1. The third-order valence-corrected chi connectivity index (χ3v) is 5.68. The highest BCUT2D eigenvalue weighted by atomic mass is 32.2. The first kappa shape index (κ1) is 21.9. The Bertz CT molecular complexity index is 936. The molecule has 1 aromatic heterocycles. The summed E-state index contributed by atoms with van der Waals surface area (Å²) in [5, 5.41) is 6.85. The van der Waals surface area contributed by atoms with Crippen molar-refractivity contribution < 1.29 is 18.4 Å². The summed E-state index contributed by atoms with van der Waals surface area (Å²) in [6, 6.07) is 14.0. The smallest absolute Gasteiger partial charge is 0.224 e. The van der Waals surface area contributed by atoms with E-state index in [4.69, 9.17) is 9.26 Å². The molecule has 1 heterocycles. The van der Waals surface area contributed by atoms with Crippen LogP contribution in [0.3, 0.4) is 0 Å². The Kier molecular flexibility index (Phi) is 7.90. The van der Waals surface area contributed by atoms with Crippen LogP contribution in [-0.2, 0) is 17.8 Å². The second-order valence-corrected chi connectivity index (χ2v) is 8.09. The monoisotopic (exact) mass is 428 g/mol. The van der Waals surface area contributed by atoms with Gasteiger partial charge in [0.2, 0.25) is 5.91 Å². The van der Waals surface area contributed by atoms with E-state index in [9.17, 15) is 9.18 Å². The number of nitrogens with one attached hydrogen (secondary N) is 1. The van der Waals surface area contributed by atoms with E-state index in [1.807, 2.05) is 38.1 Å². The molecule has 0 radical (unpaired) electrons. The molecule has 0 atom stereocenters. The first-order valence-corrected chi connectivity index (χ1v) is 10.8. The average molecular weight is 429 g/mol. The molecule has 2 aromatic carbocycles. The van der Waals surface area contributed by atoms with Gasteiger partial charge in [-0.3, -0.25) is 4.79 Å². The Labute approximate surface area is 180 Å². The molecule has 0 aliphatic carbocycles. The number of benzene rings is 2. The number of hydrogen-bond acceptors (Lipinski definition) is 5. The number of carbonyl (C=O) groups is 1. The topological polar surface area (TPSA) is 64.4 Å². The van der Waals surface area contributed by atoms with Crippen molar-refractivity contribution >= 4 is 17.7 Å². The third kappa shape index (κ3) is 6.62. The summed E-state index contributed by atoms with van der Waals surface area (Å²) in [5.41, 5.74) is 2.71. The van der Waals surface area contributed by atoms with Gasteiger partial charge in [0.15, 0.2) is 0 Å². The van der Waals surface area contributed by atoms with E-state index in [2.05, 4.69) is 10.5 Å². The largest absolute Gasteiger partial charge is 0.489 e. The van der Waals surface area contributed by atoms with Crippen LogP contribution in [0.25, 0.3) is 0 Å². The number of carbonyl (C=O) groups excluding carboxylic acids is 1. The van der Waals surface area contributed by atoms with E-state index >= 15 is 0 Å². The van der Waals surface area contributed by atoms with Gasteiger partial charge in [0.05, 0.1) is 17.7 Å². The molecule has 0 bridgehead atoms. The quantitative estimate of drug-likeness (QED) is 0.369. The van der Waals surface area contributed by atoms with E-state index in [-0.39, 0.29) is 11.7 Å². The number of ether oxygens (including phenoxy) is 1. The molecule has 0 fully saturated rings. The lowest BCUT2D eigenvalue weighted by Gasteiger charge is -2.08. The predicted molar refractivity (Wildman–Crippen MR) is 115 cm³/mol. The van der Waals surface area contributed by atoms with Gasteiger partial charge in [-0.1, -0.05) is 17.3 Å². The summed E-state index contributed by atoms with van der Waals surface area (Å²) in [6.07, 6.45) is 1.18. The zero-order valence-corrected chi connectivity index (χ0v) is 17.9. The number of rotatable bonds is 10. The van der Waals surface area contributed by atoms with Crippen LogP contribution in [0.15, 0.2) is 57.9 Å². The molecular formula is C23H25FN2O3S. The first-order valence-electron chi connectivity index (χ1n) is 9.80. The minimum atomic E-state index is -0.230. The van der Waals surface area contributed by atoms with Gasteiger partial charge in [0, 0.05) is 11.4 Å². The normalized spacial score (nSPS) is 10.8. The first-order chi connectivity index (χ1) is 14.5. The maximum atomic E-state index is 12.9. The van der Waals surface area contributed by atoms with Crippen LogP contribution in [0.2, 0.25) is 0 Å². The summed E-state index contributed by atoms with van der Waals surface area (Å²) in [5.74, 6) is 2.12. The van der Waals surface area contributed by atoms with Crippen LogP contribution >= 0.6 is 11.8 Å². The van der Waals surface area contributed by atoms with Crippen LogP contribution < -0.4 is 10.1 Å². The van der Waals surface area contributed by atoms with Crippen molar-refractivity contribution in [1.82, 2.24) is 10.5 Å². The van der Waals surface area contributed by atoms with E-state index < -0.39 is 0 Å². The molecule has 0 saturated heterocycles. The minimum absolute atomic E-state index is 0.00817. The fourth-order valence-corrected chi connectivity index (χ4v) is 3.69. The van der Waals surface area contributed by atoms with Crippen LogP contribution in [0.5, 0.6) is 5.75 Å². The molecule has 1 N–H and O–H groups in total. The fourth-order valence-electron chi connectivity index (χ4n) is 2.84. The lowest BCUT2D eigenvalue weighted by Crippen LogP contribution is -2.26. The minimum Gasteiger partial charge on any atom is -0.489 e. The number of amides is 1. The summed E-state index contributed by atoms with van der Waals surface area (Å²) in [4.78, 5) is 13.1. The highest BCUT2D eigenvalue weighted by Gasteiger charge is 2.10. The molecule has 0 saturated carbocycles. The zero-order valence-electron chi connectivity index (χ0n) is 17.1. The molecule has 158 valence electrons. The summed E-state index contributed by atoms with van der Waals surface area (Å²) >= 11 is 1.65. The van der Waals surface area contributed by atoms with Crippen molar-refractivity contribution in [2.24, 2.45) is 0 Å². The van der Waals surface area contributed by atoms with Crippen molar-refractivity contribution in [3.63, 3.8) is 0 Å². The van der Waals surface area contributed by atoms with Crippen molar-refractivity contribution in [1.29, 1.82) is 0 Å². The molecule has 5 nitrogen and oxygen atoms in total. The Morgan fingerprint density at radius 3 is 2.53 bits per heavy atom. The Balaban J connectivity index is 1.34. The van der Waals surface area contributed by atoms with E-state index in [1.54, 1.807) is 23.9 Å². The molecule has 7 heteroatoms. The van der Waals surface area contributed by atoms with E-state index in [0.717, 1.165) is 45.4 Å². The summed E-state index contributed by atoms with van der Waals surface area (Å²) in [7, 11) is 0. The van der Waals surface area contributed by atoms with Crippen molar-refractivity contribution in [3.8, 4) is 5.75 Å². The van der Waals surface area contributed by atoms with Crippen LogP contribution in [0, 0.1) is 19.7 Å².